The third kappa shape index (κ3) is 3.74. The smallest absolute Gasteiger partial charge is 0.194 e. The molecular formula is C14H23N3S2. The summed E-state index contributed by atoms with van der Waals surface area (Å²) in [6.45, 7) is 6.67. The van der Waals surface area contributed by atoms with Crippen molar-refractivity contribution >= 4 is 28.1 Å². The zero-order chi connectivity index (χ0) is 13.8. The first-order valence-corrected chi connectivity index (χ1v) is 8.81. The number of rotatable bonds is 7. The largest absolute Gasteiger partial charge is 0.327 e. The van der Waals surface area contributed by atoms with Crippen molar-refractivity contribution in [3.8, 4) is 0 Å². The van der Waals surface area contributed by atoms with E-state index in [1.165, 1.54) is 17.1 Å². The molecule has 2 aromatic rings. The molecule has 0 spiro atoms. The number of nitrogens with zero attached hydrogens (tertiary/aromatic N) is 2. The zero-order valence-corrected chi connectivity index (χ0v) is 13.6. The van der Waals surface area contributed by atoms with Crippen LogP contribution in [-0.2, 0) is 6.42 Å². The van der Waals surface area contributed by atoms with E-state index in [9.17, 15) is 0 Å². The van der Waals surface area contributed by atoms with Gasteiger partial charge in [-0.05, 0) is 24.5 Å². The van der Waals surface area contributed by atoms with Gasteiger partial charge in [0.25, 0.3) is 0 Å². The summed E-state index contributed by atoms with van der Waals surface area (Å²) in [6.07, 6.45) is 5.26. The maximum absolute atomic E-state index is 6.12. The minimum Gasteiger partial charge on any atom is -0.327 e. The Kier molecular flexibility index (Phi) is 5.30. The van der Waals surface area contributed by atoms with Crippen LogP contribution in [0.2, 0.25) is 0 Å². The maximum Gasteiger partial charge on any atom is 0.194 e. The molecule has 2 rings (SSSR count). The van der Waals surface area contributed by atoms with Crippen LogP contribution in [0.5, 0.6) is 0 Å². The van der Waals surface area contributed by atoms with E-state index >= 15 is 0 Å². The molecule has 0 aliphatic carbocycles. The highest BCUT2D eigenvalue weighted by Crippen LogP contribution is 2.28. The molecule has 3 nitrogen and oxygen atoms in total. The highest BCUT2D eigenvalue weighted by molar-refractivity contribution is 7.99. The second-order valence-corrected chi connectivity index (χ2v) is 7.28. The van der Waals surface area contributed by atoms with Crippen molar-refractivity contribution in [2.24, 2.45) is 11.7 Å². The highest BCUT2D eigenvalue weighted by Gasteiger charge is 2.15. The van der Waals surface area contributed by atoms with Crippen LogP contribution in [-0.4, -0.2) is 21.2 Å². The van der Waals surface area contributed by atoms with Gasteiger partial charge in [-0.2, -0.15) is 0 Å². The summed E-state index contributed by atoms with van der Waals surface area (Å²) < 4.78 is 2.21. The Bertz CT molecular complexity index is 516. The first-order valence-electron chi connectivity index (χ1n) is 6.94. The van der Waals surface area contributed by atoms with Crippen LogP contribution >= 0.6 is 23.1 Å². The van der Waals surface area contributed by atoms with Crippen molar-refractivity contribution in [1.29, 1.82) is 0 Å². The minimum absolute atomic E-state index is 0.226. The minimum atomic E-state index is 0.226. The van der Waals surface area contributed by atoms with E-state index in [0.29, 0.717) is 0 Å². The molecule has 2 N–H and O–H groups in total. The summed E-state index contributed by atoms with van der Waals surface area (Å²) in [5, 5.41) is 3.27. The Morgan fingerprint density at radius 3 is 2.95 bits per heavy atom. The van der Waals surface area contributed by atoms with Crippen LogP contribution < -0.4 is 5.73 Å². The van der Waals surface area contributed by atoms with Gasteiger partial charge in [0, 0.05) is 24.0 Å². The third-order valence-corrected chi connectivity index (χ3v) is 5.03. The number of thiazole rings is 1. The second-order valence-electron chi connectivity index (χ2n) is 5.32. The number of imidazole rings is 1. The summed E-state index contributed by atoms with van der Waals surface area (Å²) >= 11 is 3.57. The highest BCUT2D eigenvalue weighted by atomic mass is 32.2. The average molecular weight is 297 g/mol. The molecule has 0 aliphatic heterocycles. The topological polar surface area (TPSA) is 43.3 Å². The van der Waals surface area contributed by atoms with Gasteiger partial charge >= 0.3 is 0 Å². The van der Waals surface area contributed by atoms with E-state index in [1.54, 1.807) is 11.3 Å². The van der Waals surface area contributed by atoms with Gasteiger partial charge in [-0.1, -0.05) is 20.8 Å². The van der Waals surface area contributed by atoms with Crippen LogP contribution in [0.4, 0.5) is 0 Å². The molecule has 2 aromatic heterocycles. The molecule has 0 bridgehead atoms. The van der Waals surface area contributed by atoms with Gasteiger partial charge < -0.3 is 5.73 Å². The Labute approximate surface area is 123 Å². The van der Waals surface area contributed by atoms with E-state index in [1.807, 2.05) is 11.8 Å². The Morgan fingerprint density at radius 1 is 1.47 bits per heavy atom. The van der Waals surface area contributed by atoms with Crippen molar-refractivity contribution in [1.82, 2.24) is 9.38 Å². The average Bonchev–Trinajstić information content (AvgIpc) is 2.92. The van der Waals surface area contributed by atoms with Gasteiger partial charge in [-0.15, -0.1) is 23.1 Å². The normalized spacial score (nSPS) is 13.5. The van der Waals surface area contributed by atoms with Crippen molar-refractivity contribution in [3.63, 3.8) is 0 Å². The number of hydrogen-bond donors (Lipinski definition) is 1. The quantitative estimate of drug-likeness (QED) is 0.790. The van der Waals surface area contributed by atoms with Crippen molar-refractivity contribution < 1.29 is 0 Å². The lowest BCUT2D eigenvalue weighted by Gasteiger charge is -2.10. The lowest BCUT2D eigenvalue weighted by molar-refractivity contribution is 0.624. The third-order valence-electron chi connectivity index (χ3n) is 3.24. The van der Waals surface area contributed by atoms with E-state index in [4.69, 9.17) is 10.7 Å². The molecule has 0 aliphatic rings. The number of nitrogens with two attached hydrogens (primary N) is 1. The number of hydrogen-bond acceptors (Lipinski definition) is 4. The van der Waals surface area contributed by atoms with Crippen LogP contribution in [0.25, 0.3) is 4.96 Å². The molecule has 1 unspecified atom stereocenters. The predicted octanol–water partition coefficient (Wildman–Crippen LogP) is 3.81. The lowest BCUT2D eigenvalue weighted by atomic mass is 10.1. The molecule has 19 heavy (non-hydrogen) atoms. The molecule has 0 amide bonds. The molecular weight excluding hydrogens is 274 g/mol. The maximum atomic E-state index is 6.12. The Hall–Kier alpha value is -0.520. The molecule has 5 heteroatoms. The number of aromatic nitrogens is 2. The number of fused-ring (bicyclic) bond motifs is 1. The first-order chi connectivity index (χ1) is 9.11. The van der Waals surface area contributed by atoms with Gasteiger partial charge in [0.1, 0.15) is 5.03 Å². The molecule has 0 aromatic carbocycles. The summed E-state index contributed by atoms with van der Waals surface area (Å²) in [7, 11) is 0. The first kappa shape index (κ1) is 14.9. The standard InChI is InChI=1S/C14H23N3S2/c1-4-11(15)9-12-13(18-7-5-10(2)3)16-14-17(12)6-8-19-14/h6,8,10-11H,4-5,7,9,15H2,1-3H3. The monoisotopic (exact) mass is 297 g/mol. The van der Waals surface area contributed by atoms with Crippen molar-refractivity contribution in [3.05, 3.63) is 17.3 Å². The van der Waals surface area contributed by atoms with Gasteiger partial charge in [-0.3, -0.25) is 4.40 Å². The van der Waals surface area contributed by atoms with Gasteiger partial charge in [0.05, 0.1) is 5.69 Å². The molecule has 0 saturated heterocycles. The van der Waals surface area contributed by atoms with Gasteiger partial charge in [0.15, 0.2) is 4.96 Å². The lowest BCUT2D eigenvalue weighted by Crippen LogP contribution is -2.22. The molecule has 1 atom stereocenters. The predicted molar refractivity (Wildman–Crippen MR) is 85.2 cm³/mol. The Morgan fingerprint density at radius 2 is 2.26 bits per heavy atom. The van der Waals surface area contributed by atoms with E-state index in [2.05, 4.69) is 36.7 Å². The van der Waals surface area contributed by atoms with Crippen molar-refractivity contribution in [2.75, 3.05) is 5.75 Å². The fraction of sp³-hybridized carbons (Fsp3) is 0.643. The summed E-state index contributed by atoms with van der Waals surface area (Å²) in [5.41, 5.74) is 7.41. The fourth-order valence-corrected chi connectivity index (χ4v) is 3.97. The fourth-order valence-electron chi connectivity index (χ4n) is 1.90. The van der Waals surface area contributed by atoms with E-state index in [0.717, 1.165) is 29.5 Å². The van der Waals surface area contributed by atoms with Crippen LogP contribution in [0.15, 0.2) is 16.6 Å². The van der Waals surface area contributed by atoms with E-state index in [-0.39, 0.29) is 6.04 Å². The molecule has 106 valence electrons. The Balaban J connectivity index is 2.16. The SMILES string of the molecule is CCC(N)Cc1c(SCCC(C)C)nc2sccn12. The summed E-state index contributed by atoms with van der Waals surface area (Å²) in [6, 6.07) is 0.226. The van der Waals surface area contributed by atoms with Crippen molar-refractivity contribution in [2.45, 2.75) is 51.1 Å². The molecule has 0 fully saturated rings. The van der Waals surface area contributed by atoms with Gasteiger partial charge in [0.2, 0.25) is 0 Å². The molecule has 2 heterocycles. The zero-order valence-electron chi connectivity index (χ0n) is 11.9. The van der Waals surface area contributed by atoms with E-state index < -0.39 is 0 Å². The number of thioether (sulfide) groups is 1. The van der Waals surface area contributed by atoms with Crippen LogP contribution in [0.3, 0.4) is 0 Å². The second kappa shape index (κ2) is 6.77. The summed E-state index contributed by atoms with van der Waals surface area (Å²) in [5.74, 6) is 1.88. The summed E-state index contributed by atoms with van der Waals surface area (Å²) in [4.78, 5) is 5.83. The molecule has 0 saturated carbocycles. The van der Waals surface area contributed by atoms with Crippen LogP contribution in [0, 0.1) is 5.92 Å². The van der Waals surface area contributed by atoms with Crippen LogP contribution in [0.1, 0.15) is 39.3 Å². The molecule has 0 radical (unpaired) electrons. The van der Waals surface area contributed by atoms with Gasteiger partial charge in [-0.25, -0.2) is 4.98 Å².